The van der Waals surface area contributed by atoms with Crippen LogP contribution in [0.1, 0.15) is 12.0 Å². The van der Waals surface area contributed by atoms with Gasteiger partial charge in [0.2, 0.25) is 5.91 Å². The number of amides is 1. The van der Waals surface area contributed by atoms with Gasteiger partial charge in [0.25, 0.3) is 0 Å². The van der Waals surface area contributed by atoms with E-state index >= 15 is 0 Å². The fourth-order valence-electron chi connectivity index (χ4n) is 1.73. The molecule has 0 spiro atoms. The first-order valence-electron chi connectivity index (χ1n) is 6.53. The van der Waals surface area contributed by atoms with Gasteiger partial charge in [0, 0.05) is 33.7 Å². The number of carbonyl (C=O) groups is 1. The van der Waals surface area contributed by atoms with E-state index in [1.807, 2.05) is 36.4 Å². The van der Waals surface area contributed by atoms with Crippen LogP contribution < -0.4 is 5.32 Å². The van der Waals surface area contributed by atoms with Gasteiger partial charge in [0.15, 0.2) is 0 Å². The molecule has 0 aliphatic carbocycles. The summed E-state index contributed by atoms with van der Waals surface area (Å²) in [5.41, 5.74) is 0.866. The molecular formula is C16H15Cl2NOS. The summed E-state index contributed by atoms with van der Waals surface area (Å²) in [4.78, 5) is 13.0. The molecule has 0 radical (unpaired) electrons. The predicted molar refractivity (Wildman–Crippen MR) is 90.1 cm³/mol. The number of carbonyl (C=O) groups excluding carboxylic acids is 1. The molecule has 2 rings (SSSR count). The zero-order valence-electron chi connectivity index (χ0n) is 11.3. The van der Waals surface area contributed by atoms with Crippen molar-refractivity contribution in [3.8, 4) is 0 Å². The molecule has 0 fully saturated rings. The summed E-state index contributed by atoms with van der Waals surface area (Å²) >= 11 is 13.6. The van der Waals surface area contributed by atoms with Crippen molar-refractivity contribution < 1.29 is 4.79 Å². The normalized spacial score (nSPS) is 10.4. The van der Waals surface area contributed by atoms with E-state index in [4.69, 9.17) is 23.2 Å². The first-order valence-corrected chi connectivity index (χ1v) is 8.28. The van der Waals surface area contributed by atoms with Gasteiger partial charge in [-0.3, -0.25) is 4.79 Å². The molecule has 0 aromatic heterocycles. The zero-order chi connectivity index (χ0) is 15.1. The minimum Gasteiger partial charge on any atom is -0.352 e. The molecule has 1 amide bonds. The first kappa shape index (κ1) is 16.2. The fraction of sp³-hybridized carbons (Fsp3) is 0.188. The Morgan fingerprint density at radius 3 is 2.57 bits per heavy atom. The largest absolute Gasteiger partial charge is 0.352 e. The van der Waals surface area contributed by atoms with Crippen molar-refractivity contribution in [2.75, 3.05) is 5.75 Å². The second-order valence-corrected chi connectivity index (χ2v) is 6.44. The van der Waals surface area contributed by atoms with Crippen LogP contribution in [0.15, 0.2) is 53.4 Å². The van der Waals surface area contributed by atoms with E-state index in [0.717, 1.165) is 11.3 Å². The molecule has 0 bridgehead atoms. The molecule has 2 nitrogen and oxygen atoms in total. The first-order chi connectivity index (χ1) is 10.1. The lowest BCUT2D eigenvalue weighted by Gasteiger charge is -2.07. The second kappa shape index (κ2) is 8.32. The Bertz CT molecular complexity index is 604. The van der Waals surface area contributed by atoms with Crippen molar-refractivity contribution in [3.05, 3.63) is 64.1 Å². The third kappa shape index (κ3) is 5.62. The maximum absolute atomic E-state index is 11.8. The lowest BCUT2D eigenvalue weighted by Crippen LogP contribution is -2.23. The van der Waals surface area contributed by atoms with Crippen LogP contribution in [0.5, 0.6) is 0 Å². The van der Waals surface area contributed by atoms with Gasteiger partial charge in [-0.1, -0.05) is 47.5 Å². The van der Waals surface area contributed by atoms with Crippen LogP contribution in [0.25, 0.3) is 0 Å². The Balaban J connectivity index is 1.72. The van der Waals surface area contributed by atoms with Crippen LogP contribution in [0.3, 0.4) is 0 Å². The molecule has 0 aliphatic heterocycles. The SMILES string of the molecule is O=C(CCSc1ccccc1)NCc1ccc(Cl)cc1Cl. The van der Waals surface area contributed by atoms with Gasteiger partial charge in [0.05, 0.1) is 0 Å². The molecule has 2 aromatic rings. The average molecular weight is 340 g/mol. The van der Waals surface area contributed by atoms with Gasteiger partial charge in [-0.25, -0.2) is 0 Å². The molecule has 21 heavy (non-hydrogen) atoms. The van der Waals surface area contributed by atoms with Crippen molar-refractivity contribution in [2.24, 2.45) is 0 Å². The van der Waals surface area contributed by atoms with E-state index in [1.165, 1.54) is 4.90 Å². The number of hydrogen-bond acceptors (Lipinski definition) is 2. The quantitative estimate of drug-likeness (QED) is 0.766. The van der Waals surface area contributed by atoms with Crippen molar-refractivity contribution in [1.29, 1.82) is 0 Å². The minimum absolute atomic E-state index is 0.0180. The number of halogens is 2. The highest BCUT2D eigenvalue weighted by molar-refractivity contribution is 7.99. The summed E-state index contributed by atoms with van der Waals surface area (Å²) in [6, 6.07) is 15.3. The molecule has 0 atom stereocenters. The smallest absolute Gasteiger partial charge is 0.221 e. The van der Waals surface area contributed by atoms with Crippen molar-refractivity contribution in [3.63, 3.8) is 0 Å². The highest BCUT2D eigenvalue weighted by Gasteiger charge is 2.05. The van der Waals surface area contributed by atoms with Gasteiger partial charge in [-0.15, -0.1) is 11.8 Å². The molecule has 2 aromatic carbocycles. The van der Waals surface area contributed by atoms with Crippen LogP contribution in [0.4, 0.5) is 0 Å². The number of benzene rings is 2. The van der Waals surface area contributed by atoms with Crippen LogP contribution in [0, 0.1) is 0 Å². The van der Waals surface area contributed by atoms with Gasteiger partial charge in [-0.05, 0) is 29.8 Å². The number of hydrogen-bond donors (Lipinski definition) is 1. The molecule has 0 aliphatic rings. The Morgan fingerprint density at radius 2 is 1.86 bits per heavy atom. The van der Waals surface area contributed by atoms with E-state index in [-0.39, 0.29) is 5.91 Å². The molecule has 110 valence electrons. The maximum Gasteiger partial charge on any atom is 0.221 e. The number of nitrogens with one attached hydrogen (secondary N) is 1. The predicted octanol–water partition coefficient (Wildman–Crippen LogP) is 4.79. The summed E-state index contributed by atoms with van der Waals surface area (Å²) in [7, 11) is 0. The Kier molecular flexibility index (Phi) is 6.43. The summed E-state index contributed by atoms with van der Waals surface area (Å²) in [6.07, 6.45) is 0.477. The molecule has 0 unspecified atom stereocenters. The fourth-order valence-corrected chi connectivity index (χ4v) is 3.07. The van der Waals surface area contributed by atoms with E-state index in [9.17, 15) is 4.79 Å². The summed E-state index contributed by atoms with van der Waals surface area (Å²) < 4.78 is 0. The second-order valence-electron chi connectivity index (χ2n) is 4.42. The highest BCUT2D eigenvalue weighted by Crippen LogP contribution is 2.21. The van der Waals surface area contributed by atoms with E-state index in [0.29, 0.717) is 23.0 Å². The van der Waals surface area contributed by atoms with Crippen LogP contribution >= 0.6 is 35.0 Å². The Labute approximate surface area is 138 Å². The van der Waals surface area contributed by atoms with E-state index < -0.39 is 0 Å². The summed E-state index contributed by atoms with van der Waals surface area (Å²) in [6.45, 7) is 0.421. The average Bonchev–Trinajstić information content (AvgIpc) is 2.47. The third-order valence-electron chi connectivity index (χ3n) is 2.83. The van der Waals surface area contributed by atoms with Gasteiger partial charge in [-0.2, -0.15) is 0 Å². The zero-order valence-corrected chi connectivity index (χ0v) is 13.6. The third-order valence-corrected chi connectivity index (χ3v) is 4.43. The molecular weight excluding hydrogens is 325 g/mol. The van der Waals surface area contributed by atoms with Gasteiger partial charge in [0.1, 0.15) is 0 Å². The summed E-state index contributed by atoms with van der Waals surface area (Å²) in [5.74, 6) is 0.772. The van der Waals surface area contributed by atoms with E-state index in [1.54, 1.807) is 23.9 Å². The van der Waals surface area contributed by atoms with Gasteiger partial charge < -0.3 is 5.32 Å². The monoisotopic (exact) mass is 339 g/mol. The molecule has 0 saturated carbocycles. The van der Waals surface area contributed by atoms with E-state index in [2.05, 4.69) is 5.32 Å². The highest BCUT2D eigenvalue weighted by atomic mass is 35.5. The van der Waals surface area contributed by atoms with Crippen LogP contribution in [-0.4, -0.2) is 11.7 Å². The van der Waals surface area contributed by atoms with Crippen molar-refractivity contribution >= 4 is 40.9 Å². The minimum atomic E-state index is 0.0180. The number of rotatable bonds is 6. The molecule has 5 heteroatoms. The number of thioether (sulfide) groups is 1. The standard InChI is InChI=1S/C16H15Cl2NOS/c17-13-7-6-12(15(18)10-13)11-19-16(20)8-9-21-14-4-2-1-3-5-14/h1-7,10H,8-9,11H2,(H,19,20). The lowest BCUT2D eigenvalue weighted by molar-refractivity contribution is -0.120. The molecule has 1 N–H and O–H groups in total. The maximum atomic E-state index is 11.8. The topological polar surface area (TPSA) is 29.1 Å². The molecule has 0 saturated heterocycles. The van der Waals surface area contributed by atoms with Gasteiger partial charge >= 0.3 is 0 Å². The lowest BCUT2D eigenvalue weighted by atomic mass is 10.2. The Morgan fingerprint density at radius 1 is 1.10 bits per heavy atom. The van der Waals surface area contributed by atoms with Crippen LogP contribution in [0.2, 0.25) is 10.0 Å². The molecule has 0 heterocycles. The summed E-state index contributed by atoms with van der Waals surface area (Å²) in [5, 5.41) is 4.03. The van der Waals surface area contributed by atoms with Crippen LogP contribution in [-0.2, 0) is 11.3 Å². The Hall–Kier alpha value is -1.16. The van der Waals surface area contributed by atoms with Crippen molar-refractivity contribution in [2.45, 2.75) is 17.9 Å². The van der Waals surface area contributed by atoms with Crippen molar-refractivity contribution in [1.82, 2.24) is 5.32 Å².